The normalized spacial score (nSPS) is 18.4. The topological polar surface area (TPSA) is 71.8 Å². The van der Waals surface area contributed by atoms with Crippen LogP contribution in [-0.4, -0.2) is 9.97 Å². The highest BCUT2D eigenvalue weighted by Crippen LogP contribution is 2.32. The first-order valence-electron chi connectivity index (χ1n) is 5.70. The summed E-state index contributed by atoms with van der Waals surface area (Å²) in [5, 5.41) is 0. The molecule has 1 fully saturated rings. The fourth-order valence-corrected chi connectivity index (χ4v) is 2.24. The van der Waals surface area contributed by atoms with Gasteiger partial charge >= 0.3 is 0 Å². The monoisotopic (exact) mass is 279 g/mol. The number of hydrogen-bond acceptors (Lipinski definition) is 3. The van der Waals surface area contributed by atoms with Crippen LogP contribution in [-0.2, 0) is 5.54 Å². The third-order valence-corrected chi connectivity index (χ3v) is 3.20. The molecule has 1 saturated carbocycles. The zero-order chi connectivity index (χ0) is 12.5. The summed E-state index contributed by atoms with van der Waals surface area (Å²) in [6.45, 7) is 0. The second-order valence-electron chi connectivity index (χ2n) is 4.54. The van der Waals surface area contributed by atoms with Crippen molar-refractivity contribution in [3.05, 3.63) is 27.9 Å². The van der Waals surface area contributed by atoms with Crippen molar-refractivity contribution in [1.82, 2.24) is 9.97 Å². The predicted molar refractivity (Wildman–Crippen MR) is 66.0 cm³/mol. The molecule has 0 spiro atoms. The maximum atomic E-state index is 12.6. The molecule has 102 valence electrons. The first-order valence-corrected chi connectivity index (χ1v) is 5.70. The number of rotatable bonds is 2. The van der Waals surface area contributed by atoms with Gasteiger partial charge in [-0.1, -0.05) is 19.3 Å². The molecule has 2 rings (SSSR count). The van der Waals surface area contributed by atoms with E-state index < -0.39 is 23.2 Å². The number of nitrogens with two attached hydrogens (primary N) is 1. The summed E-state index contributed by atoms with van der Waals surface area (Å²) in [6.07, 6.45) is 1.53. The van der Waals surface area contributed by atoms with Gasteiger partial charge in [0.05, 0.1) is 5.54 Å². The molecule has 0 bridgehead atoms. The second kappa shape index (κ2) is 5.75. The van der Waals surface area contributed by atoms with Gasteiger partial charge in [-0.2, -0.15) is 0 Å². The van der Waals surface area contributed by atoms with Crippen LogP contribution < -0.4 is 11.3 Å². The molecule has 0 atom stereocenters. The van der Waals surface area contributed by atoms with Gasteiger partial charge in [0.1, 0.15) is 11.5 Å². The van der Waals surface area contributed by atoms with Gasteiger partial charge in [-0.15, -0.1) is 12.4 Å². The molecule has 0 radical (unpaired) electrons. The minimum Gasteiger partial charge on any atom is -0.319 e. The van der Waals surface area contributed by atoms with E-state index in [9.17, 15) is 13.6 Å². The standard InChI is InChI=1S/C11H15F2N3O.ClH/c12-9(13)7-6-8(17)16-10(15-7)11(14)4-2-1-3-5-11;/h6,9H,1-5,14H2,(H,15,16,17);1H. The predicted octanol–water partition coefficient (Wildman–Crippen LogP) is 2.25. The van der Waals surface area contributed by atoms with E-state index in [0.717, 1.165) is 25.3 Å². The summed E-state index contributed by atoms with van der Waals surface area (Å²) in [4.78, 5) is 17.6. The zero-order valence-corrected chi connectivity index (χ0v) is 10.6. The summed E-state index contributed by atoms with van der Waals surface area (Å²) in [6, 6.07) is 0.820. The lowest BCUT2D eigenvalue weighted by molar-refractivity contribution is 0.144. The molecule has 3 N–H and O–H groups in total. The van der Waals surface area contributed by atoms with E-state index in [1.165, 1.54) is 0 Å². The van der Waals surface area contributed by atoms with E-state index >= 15 is 0 Å². The molecule has 1 aromatic heterocycles. The molecule has 18 heavy (non-hydrogen) atoms. The Hall–Kier alpha value is -1.01. The Kier molecular flexibility index (Phi) is 4.81. The fraction of sp³-hybridized carbons (Fsp3) is 0.636. The van der Waals surface area contributed by atoms with Crippen molar-refractivity contribution < 1.29 is 8.78 Å². The van der Waals surface area contributed by atoms with Crippen LogP contribution in [0.25, 0.3) is 0 Å². The molecule has 1 heterocycles. The zero-order valence-electron chi connectivity index (χ0n) is 9.79. The Labute approximate surface area is 109 Å². The Bertz CT molecular complexity index is 458. The average Bonchev–Trinajstić information content (AvgIpc) is 2.29. The maximum Gasteiger partial charge on any atom is 0.280 e. The lowest BCUT2D eigenvalue weighted by atomic mass is 9.82. The van der Waals surface area contributed by atoms with Gasteiger partial charge in [0.15, 0.2) is 0 Å². The Balaban J connectivity index is 0.00000162. The molecule has 0 aliphatic heterocycles. The van der Waals surface area contributed by atoms with Crippen LogP contribution in [0, 0.1) is 0 Å². The first kappa shape index (κ1) is 15.0. The van der Waals surface area contributed by atoms with Gasteiger partial charge in [-0.25, -0.2) is 13.8 Å². The summed E-state index contributed by atoms with van der Waals surface area (Å²) in [5.74, 6) is 0.194. The van der Waals surface area contributed by atoms with Crippen molar-refractivity contribution in [2.75, 3.05) is 0 Å². The van der Waals surface area contributed by atoms with E-state index in [2.05, 4.69) is 9.97 Å². The van der Waals surface area contributed by atoms with Gasteiger partial charge in [0.25, 0.3) is 12.0 Å². The fourth-order valence-electron chi connectivity index (χ4n) is 2.24. The van der Waals surface area contributed by atoms with Crippen LogP contribution in [0.4, 0.5) is 8.78 Å². The van der Waals surface area contributed by atoms with Crippen LogP contribution in [0.5, 0.6) is 0 Å². The third-order valence-electron chi connectivity index (χ3n) is 3.20. The first-order chi connectivity index (χ1) is 8.01. The van der Waals surface area contributed by atoms with E-state index in [1.807, 2.05) is 0 Å². The molecule has 1 aromatic rings. The van der Waals surface area contributed by atoms with Crippen molar-refractivity contribution in [2.24, 2.45) is 5.73 Å². The summed E-state index contributed by atoms with van der Waals surface area (Å²) >= 11 is 0. The SMILES string of the molecule is Cl.NC1(c2nc(C(F)F)cc(=O)[nH]2)CCCCC1. The third kappa shape index (κ3) is 3.05. The molecular weight excluding hydrogens is 264 g/mol. The van der Waals surface area contributed by atoms with Crippen molar-refractivity contribution in [1.29, 1.82) is 0 Å². The van der Waals surface area contributed by atoms with Gasteiger partial charge in [0, 0.05) is 6.07 Å². The van der Waals surface area contributed by atoms with Crippen molar-refractivity contribution in [2.45, 2.75) is 44.1 Å². The molecule has 4 nitrogen and oxygen atoms in total. The van der Waals surface area contributed by atoms with Gasteiger partial charge < -0.3 is 10.7 Å². The number of aromatic amines is 1. The summed E-state index contributed by atoms with van der Waals surface area (Å²) in [7, 11) is 0. The quantitative estimate of drug-likeness (QED) is 0.872. The maximum absolute atomic E-state index is 12.6. The number of H-pyrrole nitrogens is 1. The van der Waals surface area contributed by atoms with Crippen LogP contribution in [0.15, 0.2) is 10.9 Å². The lowest BCUT2D eigenvalue weighted by Gasteiger charge is -2.32. The van der Waals surface area contributed by atoms with Crippen LogP contribution in [0.2, 0.25) is 0 Å². The largest absolute Gasteiger partial charge is 0.319 e. The molecule has 7 heteroatoms. The highest BCUT2D eigenvalue weighted by Gasteiger charge is 2.32. The smallest absolute Gasteiger partial charge is 0.280 e. The molecule has 0 saturated heterocycles. The van der Waals surface area contributed by atoms with Crippen LogP contribution in [0.3, 0.4) is 0 Å². The van der Waals surface area contributed by atoms with E-state index in [-0.39, 0.29) is 18.2 Å². The molecule has 0 amide bonds. The Morgan fingerprint density at radius 2 is 1.94 bits per heavy atom. The minimum atomic E-state index is -2.75. The van der Waals surface area contributed by atoms with Crippen LogP contribution in [0.1, 0.15) is 50.0 Å². The van der Waals surface area contributed by atoms with Crippen molar-refractivity contribution in [3.8, 4) is 0 Å². The number of halogens is 3. The highest BCUT2D eigenvalue weighted by molar-refractivity contribution is 5.85. The molecule has 1 aliphatic carbocycles. The summed E-state index contributed by atoms with van der Waals surface area (Å²) in [5.41, 5.74) is 4.31. The second-order valence-corrected chi connectivity index (χ2v) is 4.54. The number of alkyl halides is 2. The van der Waals surface area contributed by atoms with Gasteiger partial charge in [0.2, 0.25) is 0 Å². The van der Waals surface area contributed by atoms with E-state index in [1.54, 1.807) is 0 Å². The lowest BCUT2D eigenvalue weighted by Crippen LogP contribution is -2.41. The van der Waals surface area contributed by atoms with Gasteiger partial charge in [-0.3, -0.25) is 4.79 Å². The van der Waals surface area contributed by atoms with Crippen molar-refractivity contribution in [3.63, 3.8) is 0 Å². The van der Waals surface area contributed by atoms with Gasteiger partial charge in [-0.05, 0) is 12.8 Å². The molecule has 1 aliphatic rings. The molecule has 0 aromatic carbocycles. The van der Waals surface area contributed by atoms with E-state index in [4.69, 9.17) is 5.73 Å². The highest BCUT2D eigenvalue weighted by atomic mass is 35.5. The number of hydrogen-bond donors (Lipinski definition) is 2. The molecular formula is C11H16ClF2N3O. The number of nitrogens with one attached hydrogen (secondary N) is 1. The Morgan fingerprint density at radius 3 is 2.50 bits per heavy atom. The number of nitrogens with zero attached hydrogens (tertiary/aromatic N) is 1. The average molecular weight is 280 g/mol. The van der Waals surface area contributed by atoms with E-state index in [0.29, 0.717) is 12.8 Å². The molecule has 0 unspecified atom stereocenters. The minimum absolute atomic E-state index is 0. The van der Waals surface area contributed by atoms with Crippen LogP contribution >= 0.6 is 12.4 Å². The van der Waals surface area contributed by atoms with Crippen molar-refractivity contribution >= 4 is 12.4 Å². The Morgan fingerprint density at radius 1 is 1.33 bits per heavy atom. The number of aromatic nitrogens is 2. The summed E-state index contributed by atoms with van der Waals surface area (Å²) < 4.78 is 25.1.